The minimum absolute atomic E-state index is 0.0366. The van der Waals surface area contributed by atoms with Crippen molar-refractivity contribution in [3.05, 3.63) is 28.9 Å². The second-order valence-electron chi connectivity index (χ2n) is 10.3. The highest BCUT2D eigenvalue weighted by atomic mass is 32.1. The highest BCUT2D eigenvalue weighted by Gasteiger charge is 2.35. The molecule has 0 bridgehead atoms. The molecule has 4 heterocycles. The van der Waals surface area contributed by atoms with Crippen LogP contribution >= 0.6 is 22.7 Å². The van der Waals surface area contributed by atoms with E-state index in [1.54, 1.807) is 28.6 Å². The van der Waals surface area contributed by atoms with Crippen molar-refractivity contribution in [2.45, 2.75) is 85.0 Å². The number of aromatic nitrogens is 2. The monoisotopic (exact) mass is 529 g/mol. The minimum Gasteiger partial charge on any atom is -0.444 e. The lowest BCUT2D eigenvalue weighted by atomic mass is 9.97. The number of ether oxygens (including phenoxy) is 1. The Labute approximate surface area is 220 Å². The number of carbonyl (C=O) groups excluding carboxylic acids is 2. The van der Waals surface area contributed by atoms with Gasteiger partial charge in [-0.1, -0.05) is 6.92 Å². The highest BCUT2D eigenvalue weighted by molar-refractivity contribution is 7.22. The molecule has 4 rings (SSSR count). The Morgan fingerprint density at radius 3 is 2.78 bits per heavy atom. The number of nitrogens with zero attached hydrogens (tertiary/aromatic N) is 3. The Kier molecular flexibility index (Phi) is 7.96. The van der Waals surface area contributed by atoms with Gasteiger partial charge in [-0.25, -0.2) is 9.78 Å². The quantitative estimate of drug-likeness (QED) is 0.400. The van der Waals surface area contributed by atoms with E-state index in [-0.39, 0.29) is 18.0 Å². The van der Waals surface area contributed by atoms with E-state index in [0.29, 0.717) is 32.0 Å². The number of carbonyl (C=O) groups is 2. The summed E-state index contributed by atoms with van der Waals surface area (Å²) in [5, 5.41) is 8.18. The molecule has 0 fully saturated rings. The predicted molar refractivity (Wildman–Crippen MR) is 147 cm³/mol. The molecule has 194 valence electrons. The minimum atomic E-state index is -0.560. The van der Waals surface area contributed by atoms with E-state index in [1.165, 1.54) is 11.3 Å². The maximum atomic E-state index is 12.9. The number of amides is 2. The van der Waals surface area contributed by atoms with Crippen molar-refractivity contribution >= 4 is 49.9 Å². The summed E-state index contributed by atoms with van der Waals surface area (Å²) in [6, 6.07) is 2.29. The Bertz CT molecular complexity index is 1210. The van der Waals surface area contributed by atoms with Gasteiger partial charge in [-0.2, -0.15) is 0 Å². The summed E-state index contributed by atoms with van der Waals surface area (Å²) in [4.78, 5) is 37.7. The van der Waals surface area contributed by atoms with Gasteiger partial charge in [0.15, 0.2) is 0 Å². The number of thiazole rings is 1. The van der Waals surface area contributed by atoms with Crippen LogP contribution in [-0.4, -0.2) is 51.1 Å². The van der Waals surface area contributed by atoms with E-state index in [2.05, 4.69) is 29.5 Å². The lowest BCUT2D eigenvalue weighted by Crippen LogP contribution is -2.44. The van der Waals surface area contributed by atoms with Crippen molar-refractivity contribution in [3.8, 4) is 10.6 Å². The molecular formula is C26H35N5O3S2. The Hall–Kier alpha value is -2.56. The number of pyridine rings is 1. The number of hydrogen-bond acceptors (Lipinski definition) is 8. The first-order valence-electron chi connectivity index (χ1n) is 12.4. The third-order valence-corrected chi connectivity index (χ3v) is 8.36. The number of hydrogen-bond donors (Lipinski definition) is 2. The second kappa shape index (κ2) is 10.8. The second-order valence-corrected chi connectivity index (χ2v) is 12.4. The molecule has 0 saturated carbocycles. The standard InChI is InChI=1S/C26H35N5O3S2/c1-7-15(2)28-11-9-21(32)30-24-22(23-29-18-13-27-10-8-19(18)35-23)17-12-16(3)31(14-20(17)36-24)25(33)34-26(4,5)6/h8,10,13,15-16,28H,7,9,11-12,14H2,1-6H3,(H,30,32)/t15-,16+/m0/s1. The molecule has 2 amide bonds. The molecule has 10 heteroatoms. The zero-order valence-electron chi connectivity index (χ0n) is 21.8. The number of thiophene rings is 1. The molecule has 0 saturated heterocycles. The van der Waals surface area contributed by atoms with Gasteiger partial charge in [0.05, 0.1) is 17.4 Å². The molecule has 2 atom stereocenters. The lowest BCUT2D eigenvalue weighted by molar-refractivity contribution is -0.116. The van der Waals surface area contributed by atoms with Gasteiger partial charge in [-0.05, 0) is 59.1 Å². The van der Waals surface area contributed by atoms with Crippen LogP contribution in [-0.2, 0) is 22.5 Å². The van der Waals surface area contributed by atoms with Crippen LogP contribution in [0.15, 0.2) is 18.5 Å². The summed E-state index contributed by atoms with van der Waals surface area (Å²) in [7, 11) is 0. The Morgan fingerprint density at radius 1 is 1.31 bits per heavy atom. The first-order chi connectivity index (χ1) is 17.1. The van der Waals surface area contributed by atoms with Gasteiger partial charge in [0.1, 0.15) is 21.1 Å². The van der Waals surface area contributed by atoms with E-state index >= 15 is 0 Å². The lowest BCUT2D eigenvalue weighted by Gasteiger charge is -2.35. The van der Waals surface area contributed by atoms with Gasteiger partial charge < -0.3 is 20.3 Å². The van der Waals surface area contributed by atoms with Crippen molar-refractivity contribution in [2.75, 3.05) is 11.9 Å². The van der Waals surface area contributed by atoms with E-state index < -0.39 is 5.60 Å². The van der Waals surface area contributed by atoms with Crippen molar-refractivity contribution in [2.24, 2.45) is 0 Å². The van der Waals surface area contributed by atoms with Gasteiger partial charge >= 0.3 is 6.09 Å². The fraction of sp³-hybridized carbons (Fsp3) is 0.538. The molecule has 3 aromatic rings. The number of anilines is 1. The normalized spacial score (nSPS) is 16.6. The number of nitrogens with one attached hydrogen (secondary N) is 2. The molecule has 0 unspecified atom stereocenters. The molecule has 36 heavy (non-hydrogen) atoms. The van der Waals surface area contributed by atoms with Crippen LogP contribution in [0.1, 0.15) is 64.8 Å². The average molecular weight is 530 g/mol. The van der Waals surface area contributed by atoms with Gasteiger partial charge in [0, 0.05) is 41.7 Å². The third kappa shape index (κ3) is 6.04. The average Bonchev–Trinajstić information content (AvgIpc) is 3.37. The summed E-state index contributed by atoms with van der Waals surface area (Å²) >= 11 is 3.13. The zero-order valence-corrected chi connectivity index (χ0v) is 23.4. The topological polar surface area (TPSA) is 96.5 Å². The number of rotatable bonds is 7. The highest BCUT2D eigenvalue weighted by Crippen LogP contribution is 2.46. The van der Waals surface area contributed by atoms with E-state index in [4.69, 9.17) is 9.72 Å². The van der Waals surface area contributed by atoms with E-state index in [1.807, 2.05) is 33.8 Å². The van der Waals surface area contributed by atoms with E-state index in [0.717, 1.165) is 42.7 Å². The van der Waals surface area contributed by atoms with Crippen LogP contribution in [0, 0.1) is 0 Å². The van der Waals surface area contributed by atoms with Crippen molar-refractivity contribution in [1.82, 2.24) is 20.2 Å². The molecule has 0 aliphatic carbocycles. The zero-order chi connectivity index (χ0) is 26.0. The van der Waals surface area contributed by atoms with Gasteiger partial charge in [-0.3, -0.25) is 9.78 Å². The summed E-state index contributed by atoms with van der Waals surface area (Å²) in [6.45, 7) is 13.0. The molecule has 0 radical (unpaired) electrons. The molecule has 8 nitrogen and oxygen atoms in total. The molecular weight excluding hydrogens is 494 g/mol. The molecule has 0 aromatic carbocycles. The van der Waals surface area contributed by atoms with Crippen LogP contribution in [0.25, 0.3) is 20.8 Å². The molecule has 1 aliphatic rings. The van der Waals surface area contributed by atoms with Crippen LogP contribution < -0.4 is 10.6 Å². The largest absolute Gasteiger partial charge is 0.444 e. The van der Waals surface area contributed by atoms with Gasteiger partial charge in [-0.15, -0.1) is 22.7 Å². The van der Waals surface area contributed by atoms with Crippen molar-refractivity contribution in [1.29, 1.82) is 0 Å². The van der Waals surface area contributed by atoms with Crippen LogP contribution in [0.5, 0.6) is 0 Å². The molecule has 2 N–H and O–H groups in total. The Balaban J connectivity index is 1.65. The first-order valence-corrected chi connectivity index (χ1v) is 14.1. The maximum absolute atomic E-state index is 12.9. The Morgan fingerprint density at radius 2 is 2.08 bits per heavy atom. The maximum Gasteiger partial charge on any atom is 0.410 e. The molecule has 0 spiro atoms. The SMILES string of the molecule is CC[C@H](C)NCCC(=O)Nc1sc2c(c1-c1nc3cnccc3s1)C[C@@H](C)N(C(=O)OC(C)(C)C)C2. The third-order valence-electron chi connectivity index (χ3n) is 6.18. The van der Waals surface area contributed by atoms with Gasteiger partial charge in [0.25, 0.3) is 0 Å². The summed E-state index contributed by atoms with van der Waals surface area (Å²) in [6.07, 6.45) is 5.28. The fourth-order valence-corrected chi connectivity index (χ4v) is 6.43. The van der Waals surface area contributed by atoms with Gasteiger partial charge in [0.2, 0.25) is 5.91 Å². The van der Waals surface area contributed by atoms with Crippen molar-refractivity contribution < 1.29 is 14.3 Å². The van der Waals surface area contributed by atoms with Crippen LogP contribution in [0.2, 0.25) is 0 Å². The van der Waals surface area contributed by atoms with E-state index in [9.17, 15) is 9.59 Å². The summed E-state index contributed by atoms with van der Waals surface area (Å²) in [5.74, 6) is -0.0366. The van der Waals surface area contributed by atoms with Crippen LogP contribution in [0.4, 0.5) is 9.80 Å². The first kappa shape index (κ1) is 26.5. The van der Waals surface area contributed by atoms with Crippen molar-refractivity contribution in [3.63, 3.8) is 0 Å². The number of fused-ring (bicyclic) bond motifs is 2. The molecule has 1 aliphatic heterocycles. The smallest absolute Gasteiger partial charge is 0.410 e. The van der Waals surface area contributed by atoms with Crippen LogP contribution in [0.3, 0.4) is 0 Å². The molecule has 3 aromatic heterocycles. The summed E-state index contributed by atoms with van der Waals surface area (Å²) in [5.41, 5.74) is 2.39. The summed E-state index contributed by atoms with van der Waals surface area (Å²) < 4.78 is 6.71. The predicted octanol–water partition coefficient (Wildman–Crippen LogP) is 5.82. The fourth-order valence-electron chi connectivity index (χ4n) is 4.10.